The number of hydrogen-bond donors (Lipinski definition) is 1. The van der Waals surface area contributed by atoms with Gasteiger partial charge in [0.25, 0.3) is 5.91 Å². The van der Waals surface area contributed by atoms with Gasteiger partial charge in [0.2, 0.25) is 0 Å². The number of hydrogen-bond acceptors (Lipinski definition) is 3. The minimum Gasteiger partial charge on any atom is -0.319 e. The van der Waals surface area contributed by atoms with Crippen molar-refractivity contribution >= 4 is 11.6 Å². The van der Waals surface area contributed by atoms with Crippen LogP contribution < -0.4 is 5.32 Å². The zero-order valence-corrected chi connectivity index (χ0v) is 15.3. The van der Waals surface area contributed by atoms with E-state index in [1.807, 2.05) is 44.6 Å². The summed E-state index contributed by atoms with van der Waals surface area (Å²) in [5.41, 5.74) is 6.37. The second kappa shape index (κ2) is 6.55. The molecule has 0 unspecified atom stereocenters. The van der Waals surface area contributed by atoms with Crippen molar-refractivity contribution in [1.29, 1.82) is 0 Å². The van der Waals surface area contributed by atoms with Crippen LogP contribution in [0.3, 0.4) is 0 Å². The molecule has 3 rings (SSSR count). The molecule has 0 saturated carbocycles. The Labute approximate surface area is 147 Å². The van der Waals surface area contributed by atoms with Crippen molar-refractivity contribution in [2.45, 2.75) is 34.2 Å². The number of aryl methyl sites for hydroxylation is 3. The highest BCUT2D eigenvalue weighted by atomic mass is 16.1. The van der Waals surface area contributed by atoms with Gasteiger partial charge in [-0.2, -0.15) is 10.2 Å². The summed E-state index contributed by atoms with van der Waals surface area (Å²) in [6.45, 7) is 8.54. The monoisotopic (exact) mass is 337 g/mol. The van der Waals surface area contributed by atoms with E-state index in [0.29, 0.717) is 12.1 Å². The lowest BCUT2D eigenvalue weighted by Crippen LogP contribution is -2.14. The number of rotatable bonds is 4. The van der Waals surface area contributed by atoms with Crippen molar-refractivity contribution in [3.8, 4) is 0 Å². The largest absolute Gasteiger partial charge is 0.319 e. The Morgan fingerprint density at radius 3 is 2.48 bits per heavy atom. The summed E-state index contributed by atoms with van der Waals surface area (Å²) < 4.78 is 3.62. The predicted octanol–water partition coefficient (Wildman–Crippen LogP) is 3.15. The van der Waals surface area contributed by atoms with E-state index in [1.165, 1.54) is 11.1 Å². The Kier molecular flexibility index (Phi) is 4.44. The SMILES string of the molecule is Cc1ccccc1Cn1nc(C)c(NC(=O)c2cnn(C)c2C)c1C. The molecular formula is C19H23N5O. The van der Waals surface area contributed by atoms with Crippen LogP contribution in [-0.2, 0) is 13.6 Å². The summed E-state index contributed by atoms with van der Waals surface area (Å²) in [5.74, 6) is -0.160. The maximum Gasteiger partial charge on any atom is 0.259 e. The number of aromatic nitrogens is 4. The van der Waals surface area contributed by atoms with Crippen LogP contribution >= 0.6 is 0 Å². The van der Waals surface area contributed by atoms with E-state index >= 15 is 0 Å². The van der Waals surface area contributed by atoms with Crippen LogP contribution in [0.4, 0.5) is 5.69 Å². The molecule has 0 bridgehead atoms. The molecule has 0 saturated heterocycles. The smallest absolute Gasteiger partial charge is 0.259 e. The molecule has 6 nitrogen and oxygen atoms in total. The van der Waals surface area contributed by atoms with Crippen molar-refractivity contribution in [2.24, 2.45) is 7.05 Å². The van der Waals surface area contributed by atoms with Gasteiger partial charge in [0.05, 0.1) is 35.4 Å². The lowest BCUT2D eigenvalue weighted by molar-refractivity contribution is 0.102. The van der Waals surface area contributed by atoms with E-state index in [2.05, 4.69) is 34.6 Å². The lowest BCUT2D eigenvalue weighted by Gasteiger charge is -2.09. The Hall–Kier alpha value is -2.89. The summed E-state index contributed by atoms with van der Waals surface area (Å²) in [6.07, 6.45) is 1.59. The number of carbonyl (C=O) groups is 1. The Morgan fingerprint density at radius 2 is 1.84 bits per heavy atom. The topological polar surface area (TPSA) is 64.7 Å². The highest BCUT2D eigenvalue weighted by Crippen LogP contribution is 2.22. The first-order chi connectivity index (χ1) is 11.9. The zero-order valence-electron chi connectivity index (χ0n) is 15.3. The van der Waals surface area contributed by atoms with Crippen molar-refractivity contribution in [3.05, 3.63) is 64.2 Å². The van der Waals surface area contributed by atoms with Crippen LogP contribution in [0.1, 0.15) is 38.6 Å². The van der Waals surface area contributed by atoms with Crippen LogP contribution in [0, 0.1) is 27.7 Å². The molecule has 1 N–H and O–H groups in total. The van der Waals surface area contributed by atoms with E-state index in [0.717, 1.165) is 22.8 Å². The summed E-state index contributed by atoms with van der Waals surface area (Å²) in [5, 5.41) is 11.7. The summed E-state index contributed by atoms with van der Waals surface area (Å²) in [6, 6.07) is 8.25. The van der Waals surface area contributed by atoms with Crippen LogP contribution in [0.2, 0.25) is 0 Å². The van der Waals surface area contributed by atoms with Crippen molar-refractivity contribution in [1.82, 2.24) is 19.6 Å². The molecule has 1 aromatic carbocycles. The van der Waals surface area contributed by atoms with Gasteiger partial charge in [-0.1, -0.05) is 24.3 Å². The standard InChI is InChI=1S/C19H23N5O/c1-12-8-6-7-9-16(12)11-24-15(4)18(13(2)22-24)21-19(25)17-10-20-23(5)14(17)3/h6-10H,11H2,1-5H3,(H,21,25). The van der Waals surface area contributed by atoms with Crippen LogP contribution in [-0.4, -0.2) is 25.5 Å². The van der Waals surface area contributed by atoms with Crippen LogP contribution in [0.15, 0.2) is 30.5 Å². The van der Waals surface area contributed by atoms with Crippen LogP contribution in [0.25, 0.3) is 0 Å². The highest BCUT2D eigenvalue weighted by molar-refractivity contribution is 6.05. The lowest BCUT2D eigenvalue weighted by atomic mass is 10.1. The van der Waals surface area contributed by atoms with Gasteiger partial charge in [0.1, 0.15) is 0 Å². The number of nitrogens with zero attached hydrogens (tertiary/aromatic N) is 4. The van der Waals surface area contributed by atoms with Crippen molar-refractivity contribution < 1.29 is 4.79 Å². The molecule has 2 aromatic heterocycles. The Morgan fingerprint density at radius 1 is 1.12 bits per heavy atom. The average Bonchev–Trinajstić information content (AvgIpc) is 3.04. The first-order valence-corrected chi connectivity index (χ1v) is 8.27. The molecule has 0 atom stereocenters. The third kappa shape index (κ3) is 3.20. The molecule has 1 amide bonds. The van der Waals surface area contributed by atoms with E-state index in [9.17, 15) is 4.79 Å². The van der Waals surface area contributed by atoms with Gasteiger partial charge in [-0.15, -0.1) is 0 Å². The Balaban J connectivity index is 1.86. The molecule has 6 heteroatoms. The van der Waals surface area contributed by atoms with E-state index in [-0.39, 0.29) is 5.91 Å². The fraction of sp³-hybridized carbons (Fsp3) is 0.316. The van der Waals surface area contributed by atoms with Gasteiger partial charge in [0.15, 0.2) is 0 Å². The molecule has 25 heavy (non-hydrogen) atoms. The van der Waals surface area contributed by atoms with E-state index < -0.39 is 0 Å². The number of carbonyl (C=O) groups excluding carboxylic acids is 1. The second-order valence-corrected chi connectivity index (χ2v) is 6.35. The van der Waals surface area contributed by atoms with Gasteiger partial charge in [-0.05, 0) is 38.8 Å². The van der Waals surface area contributed by atoms with Crippen molar-refractivity contribution in [3.63, 3.8) is 0 Å². The van der Waals surface area contributed by atoms with Gasteiger partial charge in [-0.25, -0.2) is 0 Å². The highest BCUT2D eigenvalue weighted by Gasteiger charge is 2.18. The normalized spacial score (nSPS) is 10.9. The predicted molar refractivity (Wildman–Crippen MR) is 97.9 cm³/mol. The maximum atomic E-state index is 12.6. The molecule has 0 radical (unpaired) electrons. The maximum absolute atomic E-state index is 12.6. The number of amides is 1. The molecule has 0 aliphatic rings. The third-order valence-electron chi connectivity index (χ3n) is 4.68. The molecule has 3 aromatic rings. The first kappa shape index (κ1) is 17.0. The summed E-state index contributed by atoms with van der Waals surface area (Å²) >= 11 is 0. The molecule has 0 fully saturated rings. The average molecular weight is 337 g/mol. The van der Waals surface area contributed by atoms with E-state index in [4.69, 9.17) is 0 Å². The Bertz CT molecular complexity index is 935. The number of anilines is 1. The summed E-state index contributed by atoms with van der Waals surface area (Å²) in [7, 11) is 1.82. The van der Waals surface area contributed by atoms with Gasteiger partial charge < -0.3 is 5.32 Å². The summed E-state index contributed by atoms with van der Waals surface area (Å²) in [4.78, 5) is 12.6. The van der Waals surface area contributed by atoms with Gasteiger partial charge >= 0.3 is 0 Å². The second-order valence-electron chi connectivity index (χ2n) is 6.35. The minimum atomic E-state index is -0.160. The molecule has 0 aliphatic heterocycles. The number of benzene rings is 1. The molecule has 0 spiro atoms. The fourth-order valence-corrected chi connectivity index (χ4v) is 2.88. The fourth-order valence-electron chi connectivity index (χ4n) is 2.88. The van der Waals surface area contributed by atoms with Crippen molar-refractivity contribution in [2.75, 3.05) is 5.32 Å². The first-order valence-electron chi connectivity index (χ1n) is 8.27. The quantitative estimate of drug-likeness (QED) is 0.795. The third-order valence-corrected chi connectivity index (χ3v) is 4.68. The van der Waals surface area contributed by atoms with Crippen LogP contribution in [0.5, 0.6) is 0 Å². The zero-order chi connectivity index (χ0) is 18.1. The minimum absolute atomic E-state index is 0.160. The molecular weight excluding hydrogens is 314 g/mol. The molecule has 0 aliphatic carbocycles. The van der Waals surface area contributed by atoms with Gasteiger partial charge in [-0.3, -0.25) is 14.2 Å². The molecule has 2 heterocycles. The molecule has 130 valence electrons. The van der Waals surface area contributed by atoms with E-state index in [1.54, 1.807) is 10.9 Å². The van der Waals surface area contributed by atoms with Gasteiger partial charge in [0, 0.05) is 12.7 Å². The number of nitrogens with one attached hydrogen (secondary N) is 1.